The molecule has 20 heavy (non-hydrogen) atoms. The summed E-state index contributed by atoms with van der Waals surface area (Å²) in [4.78, 5) is 0. The molecule has 1 atom stereocenters. The van der Waals surface area contributed by atoms with Crippen LogP contribution in [0.4, 0.5) is 0 Å². The molecule has 0 aromatic heterocycles. The van der Waals surface area contributed by atoms with Crippen molar-refractivity contribution in [1.29, 1.82) is 0 Å². The molecule has 2 aliphatic heterocycles. The second kappa shape index (κ2) is 6.15. The molecule has 0 radical (unpaired) electrons. The minimum absolute atomic E-state index is 0.0520. The number of thioether (sulfide) groups is 1. The lowest BCUT2D eigenvalue weighted by Crippen LogP contribution is -2.52. The number of ether oxygens (including phenoxy) is 1. The molecule has 0 amide bonds. The molecule has 6 heteroatoms. The minimum atomic E-state index is -3.03. The normalized spacial score (nSPS) is 27.6. The van der Waals surface area contributed by atoms with Gasteiger partial charge in [0.15, 0.2) is 9.84 Å². The number of hydrogen-bond acceptors (Lipinski definition) is 5. The zero-order chi connectivity index (χ0) is 14.9. The van der Waals surface area contributed by atoms with E-state index in [1.165, 1.54) is 17.8 Å². The van der Waals surface area contributed by atoms with E-state index in [1.54, 1.807) is 13.8 Å². The molecule has 2 heterocycles. The van der Waals surface area contributed by atoms with Crippen LogP contribution in [0.15, 0.2) is 0 Å². The molecular formula is C14H27NO3S2. The highest BCUT2D eigenvalue weighted by atomic mass is 32.2. The summed E-state index contributed by atoms with van der Waals surface area (Å²) >= 11 is 2.01. The van der Waals surface area contributed by atoms with Crippen molar-refractivity contribution < 1.29 is 13.2 Å². The third kappa shape index (κ3) is 3.90. The predicted octanol–water partition coefficient (Wildman–Crippen LogP) is 1.84. The summed E-state index contributed by atoms with van der Waals surface area (Å²) in [5.41, 5.74) is 0.0520. The van der Waals surface area contributed by atoms with Crippen LogP contribution >= 0.6 is 11.8 Å². The van der Waals surface area contributed by atoms with Crippen molar-refractivity contribution in [3.8, 4) is 0 Å². The Bertz CT molecular complexity index is 422. The first-order valence-corrected chi connectivity index (χ1v) is 10.4. The summed E-state index contributed by atoms with van der Waals surface area (Å²) < 4.78 is 28.9. The van der Waals surface area contributed by atoms with Crippen molar-refractivity contribution in [2.24, 2.45) is 0 Å². The second-order valence-corrected chi connectivity index (χ2v) is 10.6. The largest absolute Gasteiger partial charge is 0.375 e. The SMILES string of the molecule is CC(C)(CNC1CCOC2(CCSCC2)C1)S(C)(=O)=O. The first kappa shape index (κ1) is 16.6. The number of nitrogens with one attached hydrogen (secondary N) is 1. The van der Waals surface area contributed by atoms with Gasteiger partial charge in [0.2, 0.25) is 0 Å². The Labute approximate surface area is 127 Å². The number of sulfone groups is 1. The Morgan fingerprint density at radius 3 is 2.60 bits per heavy atom. The van der Waals surface area contributed by atoms with E-state index in [1.807, 2.05) is 11.8 Å². The van der Waals surface area contributed by atoms with Crippen LogP contribution in [0.25, 0.3) is 0 Å². The van der Waals surface area contributed by atoms with Crippen molar-refractivity contribution in [1.82, 2.24) is 5.32 Å². The molecule has 0 aliphatic carbocycles. The zero-order valence-electron chi connectivity index (χ0n) is 12.8. The van der Waals surface area contributed by atoms with Gasteiger partial charge in [-0.05, 0) is 51.0 Å². The highest BCUT2D eigenvalue weighted by Gasteiger charge is 2.39. The van der Waals surface area contributed by atoms with Crippen LogP contribution in [0.5, 0.6) is 0 Å². The molecule has 0 bridgehead atoms. The van der Waals surface area contributed by atoms with Crippen molar-refractivity contribution in [3.05, 3.63) is 0 Å². The summed E-state index contributed by atoms with van der Waals surface area (Å²) in [7, 11) is -3.03. The smallest absolute Gasteiger partial charge is 0.153 e. The van der Waals surface area contributed by atoms with Crippen LogP contribution in [-0.4, -0.2) is 55.7 Å². The van der Waals surface area contributed by atoms with Crippen LogP contribution < -0.4 is 5.32 Å². The van der Waals surface area contributed by atoms with Crippen molar-refractivity contribution in [3.63, 3.8) is 0 Å². The molecule has 2 saturated heterocycles. The van der Waals surface area contributed by atoms with E-state index in [0.29, 0.717) is 12.6 Å². The van der Waals surface area contributed by atoms with Gasteiger partial charge in [-0.25, -0.2) is 8.42 Å². The Morgan fingerprint density at radius 2 is 2.00 bits per heavy atom. The van der Waals surface area contributed by atoms with E-state index >= 15 is 0 Å². The molecule has 2 aliphatic rings. The van der Waals surface area contributed by atoms with Crippen LogP contribution in [0.2, 0.25) is 0 Å². The molecule has 118 valence electrons. The summed E-state index contributed by atoms with van der Waals surface area (Å²) in [6, 6.07) is 0.382. The predicted molar refractivity (Wildman–Crippen MR) is 85.2 cm³/mol. The van der Waals surface area contributed by atoms with Gasteiger partial charge in [-0.3, -0.25) is 0 Å². The average Bonchev–Trinajstić information content (AvgIpc) is 2.36. The van der Waals surface area contributed by atoms with E-state index < -0.39 is 14.6 Å². The van der Waals surface area contributed by atoms with Crippen LogP contribution in [0.1, 0.15) is 39.5 Å². The summed E-state index contributed by atoms with van der Waals surface area (Å²) in [5, 5.41) is 3.47. The van der Waals surface area contributed by atoms with Crippen LogP contribution in [-0.2, 0) is 14.6 Å². The molecule has 0 aromatic rings. The highest BCUT2D eigenvalue weighted by molar-refractivity contribution is 7.99. The molecule has 4 nitrogen and oxygen atoms in total. The average molecular weight is 322 g/mol. The quantitative estimate of drug-likeness (QED) is 0.856. The lowest BCUT2D eigenvalue weighted by Gasteiger charge is -2.44. The number of rotatable bonds is 4. The van der Waals surface area contributed by atoms with E-state index in [0.717, 1.165) is 32.3 Å². The van der Waals surface area contributed by atoms with Crippen molar-refractivity contribution in [2.45, 2.75) is 55.9 Å². The monoisotopic (exact) mass is 321 g/mol. The Kier molecular flexibility index (Phi) is 5.10. The van der Waals surface area contributed by atoms with E-state index in [9.17, 15) is 8.42 Å². The maximum Gasteiger partial charge on any atom is 0.153 e. The van der Waals surface area contributed by atoms with Gasteiger partial charge in [-0.1, -0.05) is 0 Å². The Hall–Kier alpha value is 0.220. The fraction of sp³-hybridized carbons (Fsp3) is 1.00. The lowest BCUT2D eigenvalue weighted by molar-refractivity contribution is -0.0932. The van der Waals surface area contributed by atoms with Gasteiger partial charge in [0.25, 0.3) is 0 Å². The van der Waals surface area contributed by atoms with E-state index in [2.05, 4.69) is 5.32 Å². The topological polar surface area (TPSA) is 55.4 Å². The van der Waals surface area contributed by atoms with E-state index in [-0.39, 0.29) is 5.60 Å². The molecular weight excluding hydrogens is 294 g/mol. The third-order valence-corrected chi connectivity index (χ3v) is 7.85. The van der Waals surface area contributed by atoms with Crippen LogP contribution in [0, 0.1) is 0 Å². The molecule has 0 aromatic carbocycles. The van der Waals surface area contributed by atoms with Gasteiger partial charge in [-0.15, -0.1) is 0 Å². The Morgan fingerprint density at radius 1 is 1.35 bits per heavy atom. The zero-order valence-corrected chi connectivity index (χ0v) is 14.4. The molecule has 1 spiro atoms. The number of hydrogen-bond donors (Lipinski definition) is 1. The molecule has 0 saturated carbocycles. The third-order valence-electron chi connectivity index (χ3n) is 4.72. The highest BCUT2D eigenvalue weighted by Crippen LogP contribution is 2.37. The maximum atomic E-state index is 11.8. The van der Waals surface area contributed by atoms with Gasteiger partial charge in [0.05, 0.1) is 10.3 Å². The van der Waals surface area contributed by atoms with Gasteiger partial charge < -0.3 is 10.1 Å². The van der Waals surface area contributed by atoms with Gasteiger partial charge in [-0.2, -0.15) is 11.8 Å². The molecule has 1 unspecified atom stereocenters. The summed E-state index contributed by atoms with van der Waals surface area (Å²) in [5.74, 6) is 2.36. The second-order valence-electron chi connectivity index (χ2n) is 6.75. The molecule has 2 rings (SSSR count). The van der Waals surface area contributed by atoms with Gasteiger partial charge in [0.1, 0.15) is 0 Å². The standard InChI is InChI=1S/C14H27NO3S2/c1-13(2,20(3,16)17)11-15-12-4-7-18-14(10-12)5-8-19-9-6-14/h12,15H,4-11H2,1-3H3. The van der Waals surface area contributed by atoms with Gasteiger partial charge >= 0.3 is 0 Å². The van der Waals surface area contributed by atoms with Crippen molar-refractivity contribution in [2.75, 3.05) is 30.9 Å². The fourth-order valence-electron chi connectivity index (χ4n) is 2.82. The molecule has 2 fully saturated rings. The minimum Gasteiger partial charge on any atom is -0.375 e. The maximum absolute atomic E-state index is 11.8. The van der Waals surface area contributed by atoms with Crippen molar-refractivity contribution >= 4 is 21.6 Å². The Balaban J connectivity index is 1.90. The first-order chi connectivity index (χ1) is 9.24. The van der Waals surface area contributed by atoms with E-state index in [4.69, 9.17) is 4.74 Å². The summed E-state index contributed by atoms with van der Waals surface area (Å²) in [6.07, 6.45) is 5.58. The fourth-order valence-corrected chi connectivity index (χ4v) is 4.40. The van der Waals surface area contributed by atoms with Gasteiger partial charge in [0, 0.05) is 25.4 Å². The van der Waals surface area contributed by atoms with Crippen LogP contribution in [0.3, 0.4) is 0 Å². The molecule has 1 N–H and O–H groups in total. The first-order valence-electron chi connectivity index (χ1n) is 7.39. The summed E-state index contributed by atoms with van der Waals surface area (Å²) in [6.45, 7) is 4.90. The lowest BCUT2D eigenvalue weighted by atomic mass is 9.85.